The first kappa shape index (κ1) is 18.9. The highest BCUT2D eigenvalue weighted by Crippen LogP contribution is 2.24. The van der Waals surface area contributed by atoms with Crippen molar-refractivity contribution in [1.29, 1.82) is 0 Å². The first-order valence-corrected chi connectivity index (χ1v) is 10.8. The number of aromatic nitrogens is 3. The van der Waals surface area contributed by atoms with E-state index in [0.29, 0.717) is 28.3 Å². The minimum Gasteiger partial charge on any atom is -0.347 e. The van der Waals surface area contributed by atoms with Gasteiger partial charge in [0.1, 0.15) is 0 Å². The number of nitrogens with zero attached hydrogens (tertiary/aromatic N) is 2. The van der Waals surface area contributed by atoms with Gasteiger partial charge in [0.15, 0.2) is 15.2 Å². The van der Waals surface area contributed by atoms with Gasteiger partial charge in [0.05, 0.1) is 17.5 Å². The van der Waals surface area contributed by atoms with Crippen LogP contribution in [0.2, 0.25) is 5.02 Å². The average Bonchev–Trinajstić information content (AvgIpc) is 3.00. The summed E-state index contributed by atoms with van der Waals surface area (Å²) < 4.78 is 24.2. The maximum atomic E-state index is 12.5. The van der Waals surface area contributed by atoms with E-state index in [1.54, 1.807) is 30.3 Å². The van der Waals surface area contributed by atoms with Gasteiger partial charge in [-0.1, -0.05) is 11.6 Å². The van der Waals surface area contributed by atoms with Crippen molar-refractivity contribution >= 4 is 38.3 Å². The zero-order valence-electron chi connectivity index (χ0n) is 14.9. The lowest BCUT2D eigenvalue weighted by Crippen LogP contribution is -2.22. The van der Waals surface area contributed by atoms with Crippen molar-refractivity contribution in [2.24, 2.45) is 0 Å². The molecular formula is C18H18ClN5O3S. The maximum absolute atomic E-state index is 12.5. The topological polar surface area (TPSA) is 117 Å². The number of hydrogen-bond acceptors (Lipinski definition) is 7. The van der Waals surface area contributed by atoms with Gasteiger partial charge in [-0.15, -0.1) is 0 Å². The smallest absolute Gasteiger partial charge is 0.253 e. The molecule has 3 heterocycles. The number of pyridine rings is 1. The van der Waals surface area contributed by atoms with Crippen molar-refractivity contribution in [3.05, 3.63) is 63.2 Å². The lowest BCUT2D eigenvalue weighted by atomic mass is 10.1. The van der Waals surface area contributed by atoms with Crippen molar-refractivity contribution in [3.63, 3.8) is 0 Å². The predicted molar refractivity (Wildman–Crippen MR) is 108 cm³/mol. The molecule has 1 fully saturated rings. The van der Waals surface area contributed by atoms with Gasteiger partial charge in [0, 0.05) is 34.2 Å². The van der Waals surface area contributed by atoms with Crippen LogP contribution >= 0.6 is 11.6 Å². The van der Waals surface area contributed by atoms with Crippen molar-refractivity contribution in [2.75, 3.05) is 17.6 Å². The number of hydrogen-bond donors (Lipinski definition) is 3. The van der Waals surface area contributed by atoms with Crippen LogP contribution in [0.15, 0.2) is 41.3 Å². The van der Waals surface area contributed by atoms with Gasteiger partial charge in [0.25, 0.3) is 5.56 Å². The summed E-state index contributed by atoms with van der Waals surface area (Å²) in [5.41, 5.74) is 1.34. The fourth-order valence-corrected chi connectivity index (χ4v) is 4.93. The second-order valence-electron chi connectivity index (χ2n) is 6.66. The monoisotopic (exact) mass is 419 g/mol. The Hall–Kier alpha value is -2.49. The highest BCUT2D eigenvalue weighted by atomic mass is 35.5. The van der Waals surface area contributed by atoms with Crippen molar-refractivity contribution in [3.8, 4) is 0 Å². The van der Waals surface area contributed by atoms with Gasteiger partial charge >= 0.3 is 0 Å². The molecule has 3 N–H and O–H groups in total. The van der Waals surface area contributed by atoms with Gasteiger partial charge in [-0.2, -0.15) is 0 Å². The number of rotatable bonds is 4. The fourth-order valence-electron chi connectivity index (χ4n) is 3.24. The summed E-state index contributed by atoms with van der Waals surface area (Å²) >= 11 is 6.04. The molecule has 4 rings (SSSR count). The standard InChI is InChI=1S/C18H18ClN5O3S/c1-10(13-9-11-8-12(19)2-3-14(11)23-16(13)25)22-18-21-5-4-15(24-18)17-20-6-7-28(17,26)27/h2-5,8-10,17,20H,6-7H2,1H3,(H,23,25)(H,21,22,24)/t10-,17?/m0/s1. The van der Waals surface area contributed by atoms with E-state index >= 15 is 0 Å². The Labute approximate surface area is 166 Å². The molecule has 146 valence electrons. The number of sulfone groups is 1. The largest absolute Gasteiger partial charge is 0.347 e. The number of nitrogens with one attached hydrogen (secondary N) is 3. The third-order valence-electron chi connectivity index (χ3n) is 4.67. The zero-order valence-corrected chi connectivity index (χ0v) is 16.5. The van der Waals surface area contributed by atoms with Gasteiger partial charge in [0.2, 0.25) is 5.95 Å². The number of halogens is 1. The molecule has 2 atom stereocenters. The Morgan fingerprint density at radius 1 is 1.29 bits per heavy atom. The van der Waals surface area contributed by atoms with Crippen LogP contribution in [0.4, 0.5) is 5.95 Å². The normalized spacial score (nSPS) is 19.6. The number of H-pyrrole nitrogens is 1. The van der Waals surface area contributed by atoms with Crippen molar-refractivity contribution < 1.29 is 8.42 Å². The Morgan fingerprint density at radius 3 is 2.86 bits per heavy atom. The molecule has 1 aliphatic heterocycles. The summed E-state index contributed by atoms with van der Waals surface area (Å²) in [5.74, 6) is 0.329. The molecular weight excluding hydrogens is 402 g/mol. The Kier molecular flexibility index (Phi) is 4.82. The molecule has 1 unspecified atom stereocenters. The van der Waals surface area contributed by atoms with Crippen LogP contribution in [0.3, 0.4) is 0 Å². The molecule has 0 amide bonds. The summed E-state index contributed by atoms with van der Waals surface area (Å²) in [6.45, 7) is 2.20. The van der Waals surface area contributed by atoms with E-state index in [9.17, 15) is 13.2 Å². The maximum Gasteiger partial charge on any atom is 0.253 e. The number of anilines is 1. The molecule has 8 nitrogen and oxygen atoms in total. The molecule has 2 aromatic heterocycles. The molecule has 1 aromatic carbocycles. The van der Waals surface area contributed by atoms with Crippen molar-refractivity contribution in [1.82, 2.24) is 20.3 Å². The van der Waals surface area contributed by atoms with Gasteiger partial charge in [-0.25, -0.2) is 18.4 Å². The molecule has 0 spiro atoms. The lowest BCUT2D eigenvalue weighted by Gasteiger charge is -2.16. The summed E-state index contributed by atoms with van der Waals surface area (Å²) in [5, 5.41) is 6.56. The third kappa shape index (κ3) is 3.60. The number of aromatic amines is 1. The second-order valence-corrected chi connectivity index (χ2v) is 9.30. The molecule has 10 heteroatoms. The Morgan fingerprint density at radius 2 is 2.11 bits per heavy atom. The van der Waals surface area contributed by atoms with Gasteiger partial charge in [-0.05, 0) is 37.3 Å². The SMILES string of the molecule is C[C@H](Nc1nccc(C2NCCS2(=O)=O)n1)c1cc2cc(Cl)ccc2[nH]c1=O. The fraction of sp³-hybridized carbons (Fsp3) is 0.278. The second kappa shape index (κ2) is 7.16. The molecule has 0 bridgehead atoms. The Balaban J connectivity index is 1.63. The number of benzene rings is 1. The van der Waals surface area contributed by atoms with Crippen LogP contribution in [0, 0.1) is 0 Å². The Bertz CT molecular complexity index is 1210. The summed E-state index contributed by atoms with van der Waals surface area (Å²) in [7, 11) is -3.27. The average molecular weight is 420 g/mol. The van der Waals surface area contributed by atoms with Crippen LogP contribution in [0.5, 0.6) is 0 Å². The molecule has 0 aliphatic carbocycles. The quantitative estimate of drug-likeness (QED) is 0.593. The molecule has 0 saturated carbocycles. The van der Waals surface area contributed by atoms with E-state index in [0.717, 1.165) is 5.39 Å². The minimum absolute atomic E-state index is 0.0792. The van der Waals surface area contributed by atoms with Crippen LogP contribution in [0.1, 0.15) is 29.6 Å². The molecule has 28 heavy (non-hydrogen) atoms. The van der Waals surface area contributed by atoms with E-state index < -0.39 is 21.3 Å². The van der Waals surface area contributed by atoms with Crippen LogP contribution < -0.4 is 16.2 Å². The van der Waals surface area contributed by atoms with Crippen LogP contribution in [0.25, 0.3) is 10.9 Å². The van der Waals surface area contributed by atoms with E-state index in [-0.39, 0.29) is 17.3 Å². The highest BCUT2D eigenvalue weighted by molar-refractivity contribution is 7.91. The minimum atomic E-state index is -3.27. The highest BCUT2D eigenvalue weighted by Gasteiger charge is 2.33. The first-order valence-electron chi connectivity index (χ1n) is 8.70. The summed E-state index contributed by atoms with van der Waals surface area (Å²) in [4.78, 5) is 23.8. The van der Waals surface area contributed by atoms with E-state index in [4.69, 9.17) is 11.6 Å². The van der Waals surface area contributed by atoms with E-state index in [1.807, 2.05) is 6.92 Å². The van der Waals surface area contributed by atoms with Gasteiger partial charge < -0.3 is 10.3 Å². The van der Waals surface area contributed by atoms with Crippen molar-refractivity contribution in [2.45, 2.75) is 18.3 Å². The zero-order chi connectivity index (χ0) is 19.9. The van der Waals surface area contributed by atoms with E-state index in [2.05, 4.69) is 25.6 Å². The molecule has 1 aliphatic rings. The van der Waals surface area contributed by atoms with Gasteiger partial charge in [-0.3, -0.25) is 10.1 Å². The summed E-state index contributed by atoms with van der Waals surface area (Å²) in [6, 6.07) is 8.17. The van der Waals surface area contributed by atoms with Crippen LogP contribution in [-0.4, -0.2) is 35.7 Å². The predicted octanol–water partition coefficient (Wildman–Crippen LogP) is 2.16. The molecule has 3 aromatic rings. The molecule has 1 saturated heterocycles. The third-order valence-corrected chi connectivity index (χ3v) is 6.80. The lowest BCUT2D eigenvalue weighted by molar-refractivity contribution is 0.584. The van der Waals surface area contributed by atoms with E-state index in [1.165, 1.54) is 6.20 Å². The molecule has 0 radical (unpaired) electrons. The number of fused-ring (bicyclic) bond motifs is 1. The van der Waals surface area contributed by atoms with Crippen LogP contribution in [-0.2, 0) is 9.84 Å². The first-order chi connectivity index (χ1) is 13.3. The summed E-state index contributed by atoms with van der Waals surface area (Å²) in [6.07, 6.45) is 1.50.